The van der Waals surface area contributed by atoms with Gasteiger partial charge < -0.3 is 10.2 Å². The number of hydrogen-bond donors (Lipinski definition) is 1. The monoisotopic (exact) mass is 308 g/mol. The number of carbonyl (C=O) groups excluding carboxylic acids is 2. The third-order valence-corrected chi connectivity index (χ3v) is 5.09. The Hall–Kier alpha value is -1.36. The Balaban J connectivity index is 2.03. The fraction of sp³-hybridized carbons (Fsp3) is 0.625. The summed E-state index contributed by atoms with van der Waals surface area (Å²) in [6.45, 7) is 7.96. The highest BCUT2D eigenvalue weighted by molar-refractivity contribution is 7.10. The maximum Gasteiger partial charge on any atom is 0.254 e. The van der Waals surface area contributed by atoms with Crippen LogP contribution in [0.25, 0.3) is 0 Å². The number of piperidine rings is 1. The SMILES string of the molecule is CCc1c(C(=O)N2CCCC(CNC(C)=O)C2)csc1C. The molecular weight excluding hydrogens is 284 g/mol. The van der Waals surface area contributed by atoms with E-state index in [0.29, 0.717) is 12.5 Å². The van der Waals surface area contributed by atoms with Crippen molar-refractivity contribution in [2.24, 2.45) is 5.92 Å². The van der Waals surface area contributed by atoms with Gasteiger partial charge >= 0.3 is 0 Å². The van der Waals surface area contributed by atoms with Crippen LogP contribution in [0.15, 0.2) is 5.38 Å². The van der Waals surface area contributed by atoms with Crippen molar-refractivity contribution in [1.29, 1.82) is 0 Å². The summed E-state index contributed by atoms with van der Waals surface area (Å²) >= 11 is 1.66. The molecule has 0 bridgehead atoms. The number of nitrogens with one attached hydrogen (secondary N) is 1. The molecule has 0 spiro atoms. The predicted molar refractivity (Wildman–Crippen MR) is 85.7 cm³/mol. The number of nitrogens with zero attached hydrogens (tertiary/aromatic N) is 1. The Kier molecular flexibility index (Phi) is 5.39. The summed E-state index contributed by atoms with van der Waals surface area (Å²) in [5.74, 6) is 0.528. The lowest BCUT2D eigenvalue weighted by atomic mass is 9.97. The van der Waals surface area contributed by atoms with Gasteiger partial charge in [0.05, 0.1) is 5.56 Å². The quantitative estimate of drug-likeness (QED) is 0.929. The molecule has 21 heavy (non-hydrogen) atoms. The van der Waals surface area contributed by atoms with E-state index in [-0.39, 0.29) is 11.8 Å². The number of thiophene rings is 1. The minimum atomic E-state index is 0.000165. The van der Waals surface area contributed by atoms with Gasteiger partial charge in [-0.25, -0.2) is 0 Å². The third kappa shape index (κ3) is 3.84. The lowest BCUT2D eigenvalue weighted by Gasteiger charge is -2.33. The number of rotatable bonds is 4. The van der Waals surface area contributed by atoms with E-state index in [9.17, 15) is 9.59 Å². The van der Waals surface area contributed by atoms with E-state index in [2.05, 4.69) is 19.2 Å². The molecule has 1 saturated heterocycles. The molecule has 1 unspecified atom stereocenters. The largest absolute Gasteiger partial charge is 0.356 e. The van der Waals surface area contributed by atoms with E-state index in [1.54, 1.807) is 11.3 Å². The van der Waals surface area contributed by atoms with Crippen LogP contribution in [-0.4, -0.2) is 36.3 Å². The van der Waals surface area contributed by atoms with Crippen molar-refractivity contribution in [2.45, 2.75) is 40.0 Å². The summed E-state index contributed by atoms with van der Waals surface area (Å²) in [6, 6.07) is 0. The van der Waals surface area contributed by atoms with E-state index in [0.717, 1.165) is 37.9 Å². The molecule has 1 aromatic rings. The average molecular weight is 308 g/mol. The van der Waals surface area contributed by atoms with Crippen LogP contribution in [-0.2, 0) is 11.2 Å². The van der Waals surface area contributed by atoms with Crippen LogP contribution in [0.3, 0.4) is 0 Å². The maximum absolute atomic E-state index is 12.7. The zero-order valence-corrected chi connectivity index (χ0v) is 13.9. The maximum atomic E-state index is 12.7. The first-order chi connectivity index (χ1) is 10.0. The Morgan fingerprint density at radius 3 is 2.90 bits per heavy atom. The minimum absolute atomic E-state index is 0.000165. The molecule has 1 fully saturated rings. The molecule has 1 atom stereocenters. The van der Waals surface area contributed by atoms with Crippen molar-refractivity contribution >= 4 is 23.2 Å². The van der Waals surface area contributed by atoms with Crippen molar-refractivity contribution in [2.75, 3.05) is 19.6 Å². The normalized spacial score (nSPS) is 18.6. The Labute approximate surface area is 130 Å². The second-order valence-corrected chi connectivity index (χ2v) is 6.82. The van der Waals surface area contributed by atoms with Crippen molar-refractivity contribution in [1.82, 2.24) is 10.2 Å². The smallest absolute Gasteiger partial charge is 0.254 e. The summed E-state index contributed by atoms with van der Waals surface area (Å²) < 4.78 is 0. The van der Waals surface area contributed by atoms with E-state index >= 15 is 0 Å². The lowest BCUT2D eigenvalue weighted by molar-refractivity contribution is -0.119. The number of hydrogen-bond acceptors (Lipinski definition) is 3. The van der Waals surface area contributed by atoms with Crippen LogP contribution in [0, 0.1) is 12.8 Å². The van der Waals surface area contributed by atoms with Gasteiger partial charge in [-0.2, -0.15) is 0 Å². The van der Waals surface area contributed by atoms with Crippen molar-refractivity contribution in [3.63, 3.8) is 0 Å². The van der Waals surface area contributed by atoms with Gasteiger partial charge in [-0.15, -0.1) is 11.3 Å². The van der Waals surface area contributed by atoms with Gasteiger partial charge in [-0.05, 0) is 37.7 Å². The van der Waals surface area contributed by atoms with Crippen LogP contribution >= 0.6 is 11.3 Å². The van der Waals surface area contributed by atoms with E-state index in [4.69, 9.17) is 0 Å². The molecule has 4 nitrogen and oxygen atoms in total. The minimum Gasteiger partial charge on any atom is -0.356 e. The highest BCUT2D eigenvalue weighted by atomic mass is 32.1. The van der Waals surface area contributed by atoms with Gasteiger partial charge in [0.1, 0.15) is 0 Å². The van der Waals surface area contributed by atoms with Crippen molar-refractivity contribution < 1.29 is 9.59 Å². The Morgan fingerprint density at radius 2 is 2.24 bits per heavy atom. The number of aryl methyl sites for hydroxylation is 1. The zero-order valence-electron chi connectivity index (χ0n) is 13.1. The van der Waals surface area contributed by atoms with Gasteiger partial charge in [-0.3, -0.25) is 9.59 Å². The van der Waals surface area contributed by atoms with Crippen LogP contribution in [0.4, 0.5) is 0 Å². The summed E-state index contributed by atoms with van der Waals surface area (Å²) in [5, 5.41) is 4.86. The van der Waals surface area contributed by atoms with Gasteiger partial charge in [0.15, 0.2) is 0 Å². The van der Waals surface area contributed by atoms with E-state index in [1.165, 1.54) is 17.4 Å². The number of likely N-dealkylation sites (tertiary alicyclic amines) is 1. The zero-order chi connectivity index (χ0) is 15.4. The fourth-order valence-electron chi connectivity index (χ4n) is 2.97. The van der Waals surface area contributed by atoms with Crippen LogP contribution in [0.2, 0.25) is 0 Å². The van der Waals surface area contributed by atoms with Gasteiger partial charge in [0.25, 0.3) is 5.91 Å². The second-order valence-electron chi connectivity index (χ2n) is 5.73. The van der Waals surface area contributed by atoms with Gasteiger partial charge in [-0.1, -0.05) is 6.92 Å². The van der Waals surface area contributed by atoms with Gasteiger partial charge in [0.2, 0.25) is 5.91 Å². The fourth-order valence-corrected chi connectivity index (χ4v) is 3.91. The molecule has 116 valence electrons. The molecule has 1 aliphatic rings. The first-order valence-corrected chi connectivity index (χ1v) is 8.51. The van der Waals surface area contributed by atoms with Crippen molar-refractivity contribution in [3.8, 4) is 0 Å². The van der Waals surface area contributed by atoms with Gasteiger partial charge in [0, 0.05) is 36.8 Å². The van der Waals surface area contributed by atoms with Crippen LogP contribution in [0.5, 0.6) is 0 Å². The van der Waals surface area contributed by atoms with Crippen LogP contribution in [0.1, 0.15) is 47.5 Å². The molecular formula is C16H24N2O2S. The first-order valence-electron chi connectivity index (χ1n) is 7.63. The van der Waals surface area contributed by atoms with E-state index < -0.39 is 0 Å². The summed E-state index contributed by atoms with van der Waals surface area (Å²) in [6.07, 6.45) is 2.99. The molecule has 1 N–H and O–H groups in total. The summed E-state index contributed by atoms with van der Waals surface area (Å²) in [4.78, 5) is 26.9. The van der Waals surface area contributed by atoms with E-state index in [1.807, 2.05) is 10.3 Å². The molecule has 0 aliphatic carbocycles. The molecule has 0 aromatic carbocycles. The molecule has 2 heterocycles. The summed E-state index contributed by atoms with van der Waals surface area (Å²) in [5.41, 5.74) is 2.06. The molecule has 1 aromatic heterocycles. The standard InChI is InChI=1S/C16H24N2O2S/c1-4-14-11(2)21-10-15(14)16(20)18-7-5-6-13(9-18)8-17-12(3)19/h10,13H,4-9H2,1-3H3,(H,17,19). The topological polar surface area (TPSA) is 49.4 Å². The second kappa shape index (κ2) is 7.07. The Bertz CT molecular complexity index is 524. The molecule has 1 aliphatic heterocycles. The molecule has 5 heteroatoms. The molecule has 0 radical (unpaired) electrons. The third-order valence-electron chi connectivity index (χ3n) is 4.13. The average Bonchev–Trinajstić information content (AvgIpc) is 2.85. The van der Waals surface area contributed by atoms with Crippen LogP contribution < -0.4 is 5.32 Å². The highest BCUT2D eigenvalue weighted by Crippen LogP contribution is 2.25. The number of amides is 2. The van der Waals surface area contributed by atoms with Crippen molar-refractivity contribution in [3.05, 3.63) is 21.4 Å². The lowest BCUT2D eigenvalue weighted by Crippen LogP contribution is -2.43. The molecule has 0 saturated carbocycles. The summed E-state index contributed by atoms with van der Waals surface area (Å²) in [7, 11) is 0. The predicted octanol–water partition coefficient (Wildman–Crippen LogP) is 2.61. The Morgan fingerprint density at radius 1 is 1.48 bits per heavy atom. The molecule has 2 rings (SSSR count). The highest BCUT2D eigenvalue weighted by Gasteiger charge is 2.26. The first kappa shape index (κ1) is 16.0. The molecule has 2 amide bonds. The number of carbonyl (C=O) groups is 2.